The van der Waals surface area contributed by atoms with Crippen molar-refractivity contribution in [2.75, 3.05) is 17.2 Å². The fourth-order valence-corrected chi connectivity index (χ4v) is 2.26. The Kier molecular flexibility index (Phi) is 2.91. The van der Waals surface area contributed by atoms with E-state index in [0.717, 1.165) is 22.8 Å². The molecule has 1 atom stereocenters. The number of amides is 1. The van der Waals surface area contributed by atoms with Crippen molar-refractivity contribution in [2.45, 2.75) is 12.8 Å². The van der Waals surface area contributed by atoms with E-state index in [0.29, 0.717) is 6.54 Å². The van der Waals surface area contributed by atoms with Crippen LogP contribution < -0.4 is 10.6 Å². The second-order valence-electron chi connectivity index (χ2n) is 4.68. The topological polar surface area (TPSA) is 54.0 Å². The normalized spacial score (nSPS) is 17.9. The molecule has 0 spiro atoms. The van der Waals surface area contributed by atoms with E-state index >= 15 is 0 Å². The highest BCUT2D eigenvalue weighted by molar-refractivity contribution is 5.99. The van der Waals surface area contributed by atoms with E-state index in [-0.39, 0.29) is 11.8 Å². The number of nitrogens with one attached hydrogen (secondary N) is 2. The minimum atomic E-state index is -0.198. The average molecular weight is 253 g/mol. The molecule has 1 amide bonds. The fourth-order valence-electron chi connectivity index (χ4n) is 2.26. The first-order chi connectivity index (χ1) is 9.24. The van der Waals surface area contributed by atoms with Crippen molar-refractivity contribution >= 4 is 17.4 Å². The highest BCUT2D eigenvalue weighted by Crippen LogP contribution is 2.27. The van der Waals surface area contributed by atoms with Gasteiger partial charge in [-0.05, 0) is 24.6 Å². The van der Waals surface area contributed by atoms with Crippen LogP contribution in [-0.4, -0.2) is 17.4 Å². The lowest BCUT2D eigenvalue weighted by Crippen LogP contribution is -2.23. The van der Waals surface area contributed by atoms with Crippen LogP contribution in [0.1, 0.15) is 17.2 Å². The number of fused-ring (bicyclic) bond motifs is 1. The standard InChI is InChI=1S/C15H15N3O/c1-10-7-8-13-14(17-10)16-9-12(15(19)18-13)11-5-3-2-4-6-11/h2-8,12H,9H2,1H3,(H,16,17)(H,18,19). The molecule has 1 aliphatic heterocycles. The van der Waals surface area contributed by atoms with Gasteiger partial charge < -0.3 is 10.6 Å². The van der Waals surface area contributed by atoms with Crippen LogP contribution in [0.2, 0.25) is 0 Å². The quantitative estimate of drug-likeness (QED) is 0.821. The molecule has 2 N–H and O–H groups in total. The van der Waals surface area contributed by atoms with Crippen LogP contribution in [0.3, 0.4) is 0 Å². The van der Waals surface area contributed by atoms with Gasteiger partial charge in [-0.15, -0.1) is 0 Å². The van der Waals surface area contributed by atoms with E-state index in [1.807, 2.05) is 49.4 Å². The molecule has 4 nitrogen and oxygen atoms in total. The van der Waals surface area contributed by atoms with Crippen LogP contribution in [0.25, 0.3) is 0 Å². The third kappa shape index (κ3) is 2.29. The maximum atomic E-state index is 12.3. The summed E-state index contributed by atoms with van der Waals surface area (Å²) in [5.74, 6) is 0.547. The Morgan fingerprint density at radius 3 is 2.74 bits per heavy atom. The number of rotatable bonds is 1. The van der Waals surface area contributed by atoms with Gasteiger partial charge in [0.2, 0.25) is 5.91 Å². The van der Waals surface area contributed by atoms with Crippen molar-refractivity contribution in [2.24, 2.45) is 0 Å². The van der Waals surface area contributed by atoms with E-state index in [2.05, 4.69) is 15.6 Å². The van der Waals surface area contributed by atoms with Crippen molar-refractivity contribution in [1.82, 2.24) is 4.98 Å². The highest BCUT2D eigenvalue weighted by atomic mass is 16.2. The number of benzene rings is 1. The van der Waals surface area contributed by atoms with Crippen LogP contribution in [0, 0.1) is 6.92 Å². The Labute approximate surface area is 111 Å². The van der Waals surface area contributed by atoms with Crippen LogP contribution >= 0.6 is 0 Å². The summed E-state index contributed by atoms with van der Waals surface area (Å²) in [5, 5.41) is 6.18. The lowest BCUT2D eigenvalue weighted by Gasteiger charge is -2.13. The summed E-state index contributed by atoms with van der Waals surface area (Å²) in [6.07, 6.45) is 0. The summed E-state index contributed by atoms with van der Waals surface area (Å²) in [6.45, 7) is 2.49. The summed E-state index contributed by atoms with van der Waals surface area (Å²) in [7, 11) is 0. The number of nitrogens with zero attached hydrogens (tertiary/aromatic N) is 1. The highest BCUT2D eigenvalue weighted by Gasteiger charge is 2.25. The predicted octanol–water partition coefficient (Wildman–Crippen LogP) is 2.54. The lowest BCUT2D eigenvalue weighted by atomic mass is 9.98. The zero-order chi connectivity index (χ0) is 13.2. The number of aryl methyl sites for hydroxylation is 1. The molecule has 96 valence electrons. The second kappa shape index (κ2) is 4.72. The van der Waals surface area contributed by atoms with Gasteiger partial charge in [-0.25, -0.2) is 4.98 Å². The van der Waals surface area contributed by atoms with Gasteiger partial charge in [-0.2, -0.15) is 0 Å². The monoisotopic (exact) mass is 253 g/mol. The number of aromatic nitrogens is 1. The summed E-state index contributed by atoms with van der Waals surface area (Å²) >= 11 is 0. The largest absolute Gasteiger partial charge is 0.367 e. The fraction of sp³-hybridized carbons (Fsp3) is 0.200. The van der Waals surface area contributed by atoms with Crippen molar-refractivity contribution in [3.05, 3.63) is 53.7 Å². The Bertz CT molecular complexity index is 610. The van der Waals surface area contributed by atoms with Crippen molar-refractivity contribution in [3.63, 3.8) is 0 Å². The van der Waals surface area contributed by atoms with Crippen LogP contribution in [0.15, 0.2) is 42.5 Å². The first-order valence-corrected chi connectivity index (χ1v) is 6.31. The molecule has 1 unspecified atom stereocenters. The molecule has 19 heavy (non-hydrogen) atoms. The second-order valence-corrected chi connectivity index (χ2v) is 4.68. The number of carbonyl (C=O) groups excluding carboxylic acids is 1. The van der Waals surface area contributed by atoms with Gasteiger partial charge >= 0.3 is 0 Å². The number of carbonyl (C=O) groups is 1. The Morgan fingerprint density at radius 1 is 1.16 bits per heavy atom. The maximum Gasteiger partial charge on any atom is 0.233 e. The SMILES string of the molecule is Cc1ccc2c(n1)NCC(c1ccccc1)C(=O)N2. The number of hydrogen-bond acceptors (Lipinski definition) is 3. The van der Waals surface area contributed by atoms with E-state index in [1.165, 1.54) is 0 Å². The minimum Gasteiger partial charge on any atom is -0.367 e. The van der Waals surface area contributed by atoms with Crippen molar-refractivity contribution in [1.29, 1.82) is 0 Å². The third-order valence-electron chi connectivity index (χ3n) is 3.28. The lowest BCUT2D eigenvalue weighted by molar-refractivity contribution is -0.117. The van der Waals surface area contributed by atoms with Crippen molar-refractivity contribution < 1.29 is 4.79 Å². The van der Waals surface area contributed by atoms with E-state index in [4.69, 9.17) is 0 Å². The molecule has 0 radical (unpaired) electrons. The summed E-state index contributed by atoms with van der Waals surface area (Å²) in [4.78, 5) is 16.7. The molecule has 0 fully saturated rings. The molecule has 1 aliphatic rings. The third-order valence-corrected chi connectivity index (χ3v) is 3.28. The molecule has 0 saturated carbocycles. The average Bonchev–Trinajstić information content (AvgIpc) is 2.58. The van der Waals surface area contributed by atoms with Gasteiger partial charge in [0.15, 0.2) is 0 Å². The number of pyridine rings is 1. The van der Waals surface area contributed by atoms with Gasteiger partial charge in [0.25, 0.3) is 0 Å². The Hall–Kier alpha value is -2.36. The van der Waals surface area contributed by atoms with E-state index in [9.17, 15) is 4.79 Å². The zero-order valence-corrected chi connectivity index (χ0v) is 10.7. The molecule has 4 heteroatoms. The smallest absolute Gasteiger partial charge is 0.233 e. The van der Waals surface area contributed by atoms with Crippen LogP contribution in [-0.2, 0) is 4.79 Å². The summed E-state index contributed by atoms with van der Waals surface area (Å²) in [6, 6.07) is 13.6. The zero-order valence-electron chi connectivity index (χ0n) is 10.7. The maximum absolute atomic E-state index is 12.3. The van der Waals surface area contributed by atoms with Gasteiger partial charge in [0.1, 0.15) is 5.82 Å². The first-order valence-electron chi connectivity index (χ1n) is 6.31. The number of anilines is 2. The molecule has 2 heterocycles. The van der Waals surface area contributed by atoms with E-state index in [1.54, 1.807) is 0 Å². The molecule has 3 rings (SSSR count). The molecule has 0 saturated heterocycles. The molecule has 0 bridgehead atoms. The number of hydrogen-bond donors (Lipinski definition) is 2. The Balaban J connectivity index is 1.92. The minimum absolute atomic E-state index is 0.00287. The summed E-state index contributed by atoms with van der Waals surface area (Å²) in [5.41, 5.74) is 2.68. The van der Waals surface area contributed by atoms with Crippen molar-refractivity contribution in [3.8, 4) is 0 Å². The molecule has 1 aromatic carbocycles. The molecule has 0 aliphatic carbocycles. The van der Waals surface area contributed by atoms with Gasteiger partial charge in [0, 0.05) is 12.2 Å². The van der Waals surface area contributed by atoms with Gasteiger partial charge in [0.05, 0.1) is 11.6 Å². The van der Waals surface area contributed by atoms with Gasteiger partial charge in [-0.1, -0.05) is 30.3 Å². The van der Waals surface area contributed by atoms with Crippen LogP contribution in [0.4, 0.5) is 11.5 Å². The van der Waals surface area contributed by atoms with E-state index < -0.39 is 0 Å². The van der Waals surface area contributed by atoms with Gasteiger partial charge in [-0.3, -0.25) is 4.79 Å². The molecular formula is C15H15N3O. The molecule has 1 aromatic heterocycles. The molecule has 2 aromatic rings. The molecular weight excluding hydrogens is 238 g/mol. The summed E-state index contributed by atoms with van der Waals surface area (Å²) < 4.78 is 0. The Morgan fingerprint density at radius 2 is 1.95 bits per heavy atom. The predicted molar refractivity (Wildman–Crippen MR) is 75.3 cm³/mol. The van der Waals surface area contributed by atoms with Crippen LogP contribution in [0.5, 0.6) is 0 Å². The first kappa shape index (κ1) is 11.7.